The fraction of sp³-hybridized carbons (Fsp3) is 0.222. The van der Waals surface area contributed by atoms with Gasteiger partial charge in [0.05, 0.1) is 5.56 Å². The van der Waals surface area contributed by atoms with Crippen LogP contribution in [0.3, 0.4) is 0 Å². The maximum atomic E-state index is 12.2. The average molecular weight is 408 g/mol. The smallest absolute Gasteiger partial charge is 0.260 e. The monoisotopic (exact) mass is 407 g/mol. The molecule has 0 heterocycles. The maximum absolute atomic E-state index is 12.2. The molecule has 1 amide bonds. The number of thioether (sulfide) groups is 1. The Morgan fingerprint density at radius 2 is 1.96 bits per heavy atom. The fourth-order valence-electron chi connectivity index (χ4n) is 2.09. The van der Waals surface area contributed by atoms with Gasteiger partial charge >= 0.3 is 0 Å². The van der Waals surface area contributed by atoms with Crippen molar-refractivity contribution in [1.29, 1.82) is 0 Å². The number of hydrogen-bond acceptors (Lipinski definition) is 4. The molecule has 0 unspecified atom stereocenters. The molecule has 0 aliphatic carbocycles. The summed E-state index contributed by atoms with van der Waals surface area (Å²) in [5.41, 5.74) is 1.47. The van der Waals surface area contributed by atoms with Gasteiger partial charge in [-0.2, -0.15) is 0 Å². The summed E-state index contributed by atoms with van der Waals surface area (Å²) in [7, 11) is 1.73. The number of carbonyl (C=O) groups excluding carboxylic acids is 2. The molecule has 126 valence electrons. The minimum absolute atomic E-state index is 0.109. The topological polar surface area (TPSA) is 46.6 Å². The van der Waals surface area contributed by atoms with E-state index in [2.05, 4.69) is 15.9 Å². The lowest BCUT2D eigenvalue weighted by atomic mass is 10.2. The molecule has 0 saturated heterocycles. The Morgan fingerprint density at radius 3 is 2.58 bits per heavy atom. The van der Waals surface area contributed by atoms with Gasteiger partial charge in [-0.3, -0.25) is 9.59 Å². The third kappa shape index (κ3) is 5.11. The molecule has 0 bridgehead atoms. The van der Waals surface area contributed by atoms with Crippen LogP contribution in [0.15, 0.2) is 51.8 Å². The fourth-order valence-corrected chi connectivity index (χ4v) is 2.87. The van der Waals surface area contributed by atoms with Crippen molar-refractivity contribution in [3.63, 3.8) is 0 Å². The number of likely N-dealkylation sites (N-methyl/N-ethyl adjacent to an activating group) is 1. The molecule has 6 heteroatoms. The summed E-state index contributed by atoms with van der Waals surface area (Å²) in [6.45, 7) is 0.402. The Bertz CT molecular complexity index is 719. The summed E-state index contributed by atoms with van der Waals surface area (Å²) in [6, 6.07) is 13.2. The first-order chi connectivity index (χ1) is 11.5. The van der Waals surface area contributed by atoms with Crippen molar-refractivity contribution in [3.05, 3.63) is 58.1 Å². The van der Waals surface area contributed by atoms with E-state index in [1.54, 1.807) is 41.9 Å². The molecule has 0 aliphatic rings. The van der Waals surface area contributed by atoms with E-state index in [0.29, 0.717) is 24.1 Å². The first-order valence-corrected chi connectivity index (χ1v) is 9.29. The van der Waals surface area contributed by atoms with Gasteiger partial charge in [-0.15, -0.1) is 11.8 Å². The summed E-state index contributed by atoms with van der Waals surface area (Å²) in [4.78, 5) is 26.1. The first kappa shape index (κ1) is 18.5. The zero-order valence-corrected chi connectivity index (χ0v) is 15.9. The number of ether oxygens (including phenoxy) is 1. The van der Waals surface area contributed by atoms with E-state index in [9.17, 15) is 9.59 Å². The van der Waals surface area contributed by atoms with Gasteiger partial charge in [0, 0.05) is 23.0 Å². The highest BCUT2D eigenvalue weighted by Crippen LogP contribution is 2.22. The number of amides is 1. The number of hydrogen-bond donors (Lipinski definition) is 0. The van der Waals surface area contributed by atoms with Crippen LogP contribution in [0, 0.1) is 0 Å². The summed E-state index contributed by atoms with van der Waals surface area (Å²) in [5.74, 6) is 0.253. The molecule has 0 radical (unpaired) electrons. The zero-order chi connectivity index (χ0) is 17.5. The Morgan fingerprint density at radius 1 is 1.25 bits per heavy atom. The average Bonchev–Trinajstić information content (AvgIpc) is 2.60. The molecule has 4 nitrogen and oxygen atoms in total. The minimum Gasteiger partial charge on any atom is -0.483 e. The number of rotatable bonds is 7. The molecule has 0 fully saturated rings. The van der Waals surface area contributed by atoms with Gasteiger partial charge in [0.1, 0.15) is 5.75 Å². The summed E-state index contributed by atoms with van der Waals surface area (Å²) in [5, 5.41) is 0. The van der Waals surface area contributed by atoms with Crippen LogP contribution in [0.4, 0.5) is 0 Å². The van der Waals surface area contributed by atoms with Crippen molar-refractivity contribution < 1.29 is 14.3 Å². The van der Waals surface area contributed by atoms with Crippen LogP contribution in [0.25, 0.3) is 0 Å². The standard InChI is InChI=1S/C18H18BrNO3S/c1-20(10-13-3-6-16(24-2)7-4-13)18(22)12-23-17-8-5-15(19)9-14(17)11-21/h3-9,11H,10,12H2,1-2H3. The van der Waals surface area contributed by atoms with Crippen LogP contribution in [-0.2, 0) is 11.3 Å². The third-order valence-electron chi connectivity index (χ3n) is 3.45. The summed E-state index contributed by atoms with van der Waals surface area (Å²) < 4.78 is 6.28. The lowest BCUT2D eigenvalue weighted by molar-refractivity contribution is -0.132. The van der Waals surface area contributed by atoms with Gasteiger partial charge in [-0.1, -0.05) is 28.1 Å². The molecule has 0 aliphatic heterocycles. The SMILES string of the molecule is CSc1ccc(CN(C)C(=O)COc2ccc(Br)cc2C=O)cc1. The van der Waals surface area contributed by atoms with Gasteiger partial charge in [0.25, 0.3) is 5.91 Å². The number of carbonyl (C=O) groups is 2. The molecule has 2 aromatic carbocycles. The molecule has 2 rings (SSSR count). The van der Waals surface area contributed by atoms with E-state index in [4.69, 9.17) is 4.74 Å². The second-order valence-corrected chi connectivity index (χ2v) is 6.98. The zero-order valence-electron chi connectivity index (χ0n) is 13.5. The highest BCUT2D eigenvalue weighted by Gasteiger charge is 2.12. The van der Waals surface area contributed by atoms with Crippen LogP contribution in [0.1, 0.15) is 15.9 Å². The van der Waals surface area contributed by atoms with Gasteiger partial charge in [0.15, 0.2) is 12.9 Å². The Balaban J connectivity index is 1.92. The quantitative estimate of drug-likeness (QED) is 0.513. The molecule has 0 spiro atoms. The first-order valence-electron chi connectivity index (χ1n) is 7.28. The predicted octanol–water partition coefficient (Wildman–Crippen LogP) is 4.02. The Hall–Kier alpha value is -1.79. The molecule has 0 aromatic heterocycles. The van der Waals surface area contributed by atoms with E-state index in [1.165, 1.54) is 4.90 Å². The number of nitrogens with zero attached hydrogens (tertiary/aromatic N) is 1. The van der Waals surface area contributed by atoms with Gasteiger partial charge < -0.3 is 9.64 Å². The van der Waals surface area contributed by atoms with Crippen molar-refractivity contribution in [3.8, 4) is 5.75 Å². The van der Waals surface area contributed by atoms with Gasteiger partial charge in [-0.05, 0) is 42.2 Å². The lowest BCUT2D eigenvalue weighted by Gasteiger charge is -2.18. The van der Waals surface area contributed by atoms with Crippen molar-refractivity contribution in [2.45, 2.75) is 11.4 Å². The van der Waals surface area contributed by atoms with Crippen LogP contribution >= 0.6 is 27.7 Å². The van der Waals surface area contributed by atoms with E-state index >= 15 is 0 Å². The van der Waals surface area contributed by atoms with E-state index in [-0.39, 0.29) is 12.5 Å². The van der Waals surface area contributed by atoms with Crippen molar-refractivity contribution in [2.24, 2.45) is 0 Å². The van der Waals surface area contributed by atoms with Gasteiger partial charge in [-0.25, -0.2) is 0 Å². The normalized spacial score (nSPS) is 10.3. The maximum Gasteiger partial charge on any atom is 0.260 e. The van der Waals surface area contributed by atoms with E-state index in [0.717, 1.165) is 10.0 Å². The van der Waals surface area contributed by atoms with Crippen molar-refractivity contribution in [1.82, 2.24) is 4.90 Å². The van der Waals surface area contributed by atoms with Crippen LogP contribution in [0.5, 0.6) is 5.75 Å². The summed E-state index contributed by atoms with van der Waals surface area (Å²) in [6.07, 6.45) is 2.74. The number of aldehydes is 1. The molecule has 24 heavy (non-hydrogen) atoms. The van der Waals surface area contributed by atoms with Crippen molar-refractivity contribution >= 4 is 39.9 Å². The Labute approximate surface area is 154 Å². The second kappa shape index (κ2) is 8.89. The lowest BCUT2D eigenvalue weighted by Crippen LogP contribution is -2.31. The summed E-state index contributed by atoms with van der Waals surface area (Å²) >= 11 is 4.98. The Kier molecular flexibility index (Phi) is 6.87. The largest absolute Gasteiger partial charge is 0.483 e. The third-order valence-corrected chi connectivity index (χ3v) is 4.69. The number of halogens is 1. The molecular formula is C18H18BrNO3S. The molecular weight excluding hydrogens is 390 g/mol. The molecule has 2 aromatic rings. The van der Waals surface area contributed by atoms with Crippen LogP contribution < -0.4 is 4.74 Å². The van der Waals surface area contributed by atoms with Crippen LogP contribution in [-0.4, -0.2) is 37.0 Å². The van der Waals surface area contributed by atoms with Crippen LogP contribution in [0.2, 0.25) is 0 Å². The van der Waals surface area contributed by atoms with E-state index < -0.39 is 0 Å². The van der Waals surface area contributed by atoms with Crippen molar-refractivity contribution in [2.75, 3.05) is 19.9 Å². The second-order valence-electron chi connectivity index (χ2n) is 5.19. The molecule has 0 atom stereocenters. The highest BCUT2D eigenvalue weighted by molar-refractivity contribution is 9.10. The predicted molar refractivity (Wildman–Crippen MR) is 99.7 cm³/mol. The van der Waals surface area contributed by atoms with E-state index in [1.807, 2.05) is 30.5 Å². The van der Waals surface area contributed by atoms with Gasteiger partial charge in [0.2, 0.25) is 0 Å². The highest BCUT2D eigenvalue weighted by atomic mass is 79.9. The number of benzene rings is 2. The molecule has 0 saturated carbocycles. The molecule has 0 N–H and O–H groups in total. The minimum atomic E-state index is -0.149.